The molecule has 0 saturated carbocycles. The molecule has 0 aromatic heterocycles. The molecule has 0 radical (unpaired) electrons. The van der Waals surface area contributed by atoms with Gasteiger partial charge in [0.2, 0.25) is 0 Å². The van der Waals surface area contributed by atoms with Crippen LogP contribution in [0.1, 0.15) is 28.7 Å². The number of rotatable bonds is 5. The lowest BCUT2D eigenvalue weighted by molar-refractivity contribution is -0.139. The quantitative estimate of drug-likeness (QED) is 0.535. The number of benzene rings is 3. The standard InChI is InChI=1S/C23H17Cl2NO4/c24-19-11-5-10-17(20(19)25)21(22(27)28)26-23(29)30-12-18-15-8-3-1-6-13(15)14-7-2-4-9-16(14)18/h1-11,18,21H,12H2,(H,26,29)(H,27,28)/t21-/m1/s1. The Hall–Kier alpha value is -3.02. The van der Waals surface area contributed by atoms with Gasteiger partial charge in [0.25, 0.3) is 0 Å². The maximum atomic E-state index is 12.4. The number of halogens is 2. The summed E-state index contributed by atoms with van der Waals surface area (Å²) in [5.41, 5.74) is 4.54. The highest BCUT2D eigenvalue weighted by Gasteiger charge is 2.30. The van der Waals surface area contributed by atoms with Crippen LogP contribution in [0.15, 0.2) is 66.7 Å². The van der Waals surface area contributed by atoms with Crippen LogP contribution in [0.3, 0.4) is 0 Å². The van der Waals surface area contributed by atoms with E-state index in [0.717, 1.165) is 22.3 Å². The molecule has 1 aliphatic carbocycles. The van der Waals surface area contributed by atoms with Gasteiger partial charge in [0.05, 0.1) is 10.0 Å². The lowest BCUT2D eigenvalue weighted by Gasteiger charge is -2.18. The fourth-order valence-electron chi connectivity index (χ4n) is 3.77. The Kier molecular flexibility index (Phi) is 5.66. The van der Waals surface area contributed by atoms with Crippen LogP contribution >= 0.6 is 23.2 Å². The van der Waals surface area contributed by atoms with E-state index in [1.165, 1.54) is 6.07 Å². The summed E-state index contributed by atoms with van der Waals surface area (Å²) in [6.45, 7) is 0.0788. The Bertz CT molecular complexity index is 1090. The predicted molar refractivity (Wildman–Crippen MR) is 115 cm³/mol. The molecule has 30 heavy (non-hydrogen) atoms. The van der Waals surface area contributed by atoms with Gasteiger partial charge in [-0.2, -0.15) is 0 Å². The van der Waals surface area contributed by atoms with Gasteiger partial charge in [-0.05, 0) is 28.3 Å². The molecule has 0 saturated heterocycles. The molecule has 0 heterocycles. The monoisotopic (exact) mass is 441 g/mol. The second kappa shape index (κ2) is 8.38. The van der Waals surface area contributed by atoms with Crippen molar-refractivity contribution in [3.05, 3.63) is 93.5 Å². The van der Waals surface area contributed by atoms with Crippen molar-refractivity contribution in [1.29, 1.82) is 0 Å². The molecule has 3 aromatic rings. The normalized spacial score (nSPS) is 13.3. The molecule has 0 fully saturated rings. The third-order valence-electron chi connectivity index (χ3n) is 5.15. The first-order valence-corrected chi connectivity index (χ1v) is 10.0. The lowest BCUT2D eigenvalue weighted by Crippen LogP contribution is -2.35. The molecule has 2 N–H and O–H groups in total. The number of carbonyl (C=O) groups excluding carboxylic acids is 1. The highest BCUT2D eigenvalue weighted by atomic mass is 35.5. The molecule has 4 rings (SSSR count). The zero-order valence-electron chi connectivity index (χ0n) is 15.6. The highest BCUT2D eigenvalue weighted by Crippen LogP contribution is 2.44. The molecule has 152 valence electrons. The van der Waals surface area contributed by atoms with Crippen molar-refractivity contribution < 1.29 is 19.4 Å². The smallest absolute Gasteiger partial charge is 0.408 e. The molecule has 0 unspecified atom stereocenters. The van der Waals surface area contributed by atoms with Gasteiger partial charge in [-0.1, -0.05) is 83.9 Å². The first-order valence-electron chi connectivity index (χ1n) is 9.25. The summed E-state index contributed by atoms with van der Waals surface area (Å²) in [4.78, 5) is 24.2. The number of carbonyl (C=O) groups is 2. The zero-order chi connectivity index (χ0) is 21.3. The largest absolute Gasteiger partial charge is 0.479 e. The Morgan fingerprint density at radius 2 is 1.53 bits per heavy atom. The minimum absolute atomic E-state index is 0.0746. The van der Waals surface area contributed by atoms with Crippen molar-refractivity contribution in [2.75, 3.05) is 6.61 Å². The van der Waals surface area contributed by atoms with Gasteiger partial charge >= 0.3 is 12.1 Å². The summed E-state index contributed by atoms with van der Waals surface area (Å²) in [6.07, 6.45) is -0.847. The number of amides is 1. The molecule has 7 heteroatoms. The first kappa shape index (κ1) is 20.3. The third-order valence-corrected chi connectivity index (χ3v) is 5.98. The second-order valence-corrected chi connectivity index (χ2v) is 7.67. The van der Waals surface area contributed by atoms with Crippen molar-refractivity contribution >= 4 is 35.3 Å². The van der Waals surface area contributed by atoms with E-state index in [-0.39, 0.29) is 28.1 Å². The molecule has 3 aromatic carbocycles. The number of nitrogens with one attached hydrogen (secondary N) is 1. The van der Waals surface area contributed by atoms with Crippen LogP contribution < -0.4 is 5.32 Å². The molecular formula is C23H17Cl2NO4. The summed E-state index contributed by atoms with van der Waals surface area (Å²) in [6, 6.07) is 19.1. The van der Waals surface area contributed by atoms with Gasteiger partial charge in [0.15, 0.2) is 6.04 Å². The number of alkyl carbamates (subject to hydrolysis) is 1. The van der Waals surface area contributed by atoms with Crippen LogP contribution in [0, 0.1) is 0 Å². The highest BCUT2D eigenvalue weighted by molar-refractivity contribution is 6.42. The molecule has 0 aliphatic heterocycles. The van der Waals surface area contributed by atoms with Gasteiger partial charge in [0, 0.05) is 11.5 Å². The van der Waals surface area contributed by atoms with Crippen LogP contribution in [0.25, 0.3) is 11.1 Å². The van der Waals surface area contributed by atoms with Crippen LogP contribution in [0.5, 0.6) is 0 Å². The number of hydrogen-bond donors (Lipinski definition) is 2. The zero-order valence-corrected chi connectivity index (χ0v) is 17.2. The SMILES string of the molecule is O=C(N[C@@H](C(=O)O)c1cccc(Cl)c1Cl)OCC1c2ccccc2-c2ccccc21. The summed E-state index contributed by atoms with van der Waals surface area (Å²) < 4.78 is 5.42. The number of ether oxygens (including phenoxy) is 1. The Morgan fingerprint density at radius 1 is 0.933 bits per heavy atom. The van der Waals surface area contributed by atoms with Gasteiger partial charge in [0.1, 0.15) is 6.61 Å². The summed E-state index contributed by atoms with van der Waals surface area (Å²) in [5, 5.41) is 12.2. The van der Waals surface area contributed by atoms with E-state index in [4.69, 9.17) is 27.9 Å². The van der Waals surface area contributed by atoms with Crippen LogP contribution in [0.2, 0.25) is 10.0 Å². The minimum Gasteiger partial charge on any atom is -0.479 e. The third kappa shape index (κ3) is 3.74. The van der Waals surface area contributed by atoms with E-state index in [0.29, 0.717) is 0 Å². The molecular weight excluding hydrogens is 425 g/mol. The van der Waals surface area contributed by atoms with E-state index < -0.39 is 18.1 Å². The van der Waals surface area contributed by atoms with Crippen molar-refractivity contribution in [2.24, 2.45) is 0 Å². The van der Waals surface area contributed by atoms with E-state index in [9.17, 15) is 14.7 Å². The number of carboxylic acid groups (broad SMARTS) is 1. The summed E-state index contributed by atoms with van der Waals surface area (Å²) in [5.74, 6) is -1.39. The van der Waals surface area contributed by atoms with Crippen LogP contribution in [0.4, 0.5) is 4.79 Å². The molecule has 0 spiro atoms. The van der Waals surface area contributed by atoms with Crippen LogP contribution in [-0.4, -0.2) is 23.8 Å². The maximum Gasteiger partial charge on any atom is 0.408 e. The minimum atomic E-state index is -1.38. The topological polar surface area (TPSA) is 75.6 Å². The van der Waals surface area contributed by atoms with Gasteiger partial charge < -0.3 is 15.2 Å². The summed E-state index contributed by atoms with van der Waals surface area (Å²) >= 11 is 12.1. The molecule has 1 amide bonds. The predicted octanol–water partition coefficient (Wildman–Crippen LogP) is 5.66. The molecule has 1 aliphatic rings. The van der Waals surface area contributed by atoms with Crippen LogP contribution in [-0.2, 0) is 9.53 Å². The molecule has 1 atom stereocenters. The number of hydrogen-bond acceptors (Lipinski definition) is 3. The lowest BCUT2D eigenvalue weighted by atomic mass is 9.98. The Labute approximate surface area is 183 Å². The average Bonchev–Trinajstić information content (AvgIpc) is 3.06. The molecule has 5 nitrogen and oxygen atoms in total. The van der Waals surface area contributed by atoms with E-state index in [2.05, 4.69) is 5.32 Å². The van der Waals surface area contributed by atoms with Crippen molar-refractivity contribution in [3.8, 4) is 11.1 Å². The van der Waals surface area contributed by atoms with E-state index in [1.807, 2.05) is 48.5 Å². The van der Waals surface area contributed by atoms with E-state index in [1.54, 1.807) is 12.1 Å². The Balaban J connectivity index is 1.51. The second-order valence-electron chi connectivity index (χ2n) is 6.88. The fraction of sp³-hybridized carbons (Fsp3) is 0.130. The molecule has 0 bridgehead atoms. The maximum absolute atomic E-state index is 12.4. The van der Waals surface area contributed by atoms with Crippen molar-refractivity contribution in [1.82, 2.24) is 5.32 Å². The number of aliphatic carboxylic acids is 1. The van der Waals surface area contributed by atoms with Gasteiger partial charge in [-0.3, -0.25) is 0 Å². The van der Waals surface area contributed by atoms with Crippen molar-refractivity contribution in [3.63, 3.8) is 0 Å². The number of carboxylic acids is 1. The fourth-order valence-corrected chi connectivity index (χ4v) is 4.19. The number of fused-ring (bicyclic) bond motifs is 3. The van der Waals surface area contributed by atoms with E-state index >= 15 is 0 Å². The summed E-state index contributed by atoms with van der Waals surface area (Å²) in [7, 11) is 0. The van der Waals surface area contributed by atoms with Crippen molar-refractivity contribution in [2.45, 2.75) is 12.0 Å². The first-order chi connectivity index (χ1) is 14.5. The average molecular weight is 442 g/mol. The van der Waals surface area contributed by atoms with Gasteiger partial charge in [-0.25, -0.2) is 9.59 Å². The Morgan fingerprint density at radius 3 is 2.13 bits per heavy atom. The van der Waals surface area contributed by atoms with Gasteiger partial charge in [-0.15, -0.1) is 0 Å².